The number of hydrogen-bond donors (Lipinski definition) is 0. The van der Waals surface area contributed by atoms with Crippen LogP contribution in [0.15, 0.2) is 0 Å². The van der Waals surface area contributed by atoms with Gasteiger partial charge in [-0.05, 0) is 12.8 Å². The van der Waals surface area contributed by atoms with Gasteiger partial charge in [-0.1, -0.05) is 13.8 Å². The lowest BCUT2D eigenvalue weighted by molar-refractivity contribution is -0.0204. The van der Waals surface area contributed by atoms with Crippen molar-refractivity contribution in [3.63, 3.8) is 0 Å². The highest BCUT2D eigenvalue weighted by Gasteiger charge is 1.96. The largest absolute Gasteiger partial charge is 0.366 e. The Morgan fingerprint density at radius 1 is 1.00 bits per heavy atom. The van der Waals surface area contributed by atoms with E-state index in [0.717, 1.165) is 26.1 Å². The van der Waals surface area contributed by atoms with E-state index in [1.54, 1.807) is 4.90 Å². The first-order chi connectivity index (χ1) is 5.81. The fourth-order valence-electron chi connectivity index (χ4n) is 0.713. The van der Waals surface area contributed by atoms with Gasteiger partial charge in [-0.25, -0.2) is 0 Å². The molecule has 0 aliphatic rings. The number of nitrogens with zero attached hydrogens (tertiary/aromatic N) is 1. The maximum atomic E-state index is 5.26. The standard InChI is InChI=1S/C9H20NO2/c1-4-6-11-8-10(3)9-12-7-5-2/h3-9H2,1-2H3. The van der Waals surface area contributed by atoms with E-state index in [-0.39, 0.29) is 0 Å². The molecular weight excluding hydrogens is 154 g/mol. The average molecular weight is 174 g/mol. The van der Waals surface area contributed by atoms with Gasteiger partial charge in [0.15, 0.2) is 0 Å². The third-order valence-electron chi connectivity index (χ3n) is 1.24. The highest BCUT2D eigenvalue weighted by molar-refractivity contribution is 4.40. The molecule has 0 amide bonds. The smallest absolute Gasteiger partial charge is 0.101 e. The molecule has 0 aromatic carbocycles. The Morgan fingerprint density at radius 2 is 1.42 bits per heavy atom. The molecule has 3 heteroatoms. The van der Waals surface area contributed by atoms with Crippen molar-refractivity contribution in [3.8, 4) is 0 Å². The first kappa shape index (κ1) is 11.9. The Hall–Kier alpha value is -0.120. The van der Waals surface area contributed by atoms with E-state index in [0.29, 0.717) is 13.5 Å². The van der Waals surface area contributed by atoms with Crippen LogP contribution in [-0.4, -0.2) is 31.6 Å². The van der Waals surface area contributed by atoms with E-state index in [9.17, 15) is 0 Å². The Labute approximate surface area is 75.6 Å². The van der Waals surface area contributed by atoms with Crippen molar-refractivity contribution in [2.24, 2.45) is 0 Å². The lowest BCUT2D eigenvalue weighted by Crippen LogP contribution is -2.23. The Bertz CT molecular complexity index is 78.6. The highest BCUT2D eigenvalue weighted by atomic mass is 16.5. The van der Waals surface area contributed by atoms with Gasteiger partial charge in [0, 0.05) is 20.3 Å². The Morgan fingerprint density at radius 3 is 1.75 bits per heavy atom. The van der Waals surface area contributed by atoms with E-state index in [4.69, 9.17) is 9.47 Å². The molecule has 0 N–H and O–H groups in total. The summed E-state index contributed by atoms with van der Waals surface area (Å²) in [6, 6.07) is 0. The van der Waals surface area contributed by atoms with E-state index >= 15 is 0 Å². The zero-order valence-electron chi connectivity index (χ0n) is 8.21. The molecule has 1 radical (unpaired) electrons. The predicted octanol–water partition coefficient (Wildman–Crippen LogP) is 1.85. The minimum absolute atomic E-state index is 0.553. The van der Waals surface area contributed by atoms with Crippen molar-refractivity contribution in [1.82, 2.24) is 4.90 Å². The molecule has 12 heavy (non-hydrogen) atoms. The summed E-state index contributed by atoms with van der Waals surface area (Å²) < 4.78 is 10.5. The molecule has 0 aromatic rings. The maximum Gasteiger partial charge on any atom is 0.101 e. The fourth-order valence-corrected chi connectivity index (χ4v) is 0.713. The van der Waals surface area contributed by atoms with Gasteiger partial charge in [0.05, 0.1) is 0 Å². The van der Waals surface area contributed by atoms with E-state index in [2.05, 4.69) is 20.9 Å². The van der Waals surface area contributed by atoms with Crippen molar-refractivity contribution in [2.45, 2.75) is 26.7 Å². The van der Waals surface area contributed by atoms with Gasteiger partial charge in [0.1, 0.15) is 13.5 Å². The van der Waals surface area contributed by atoms with E-state index in [1.807, 2.05) is 0 Å². The molecule has 0 aliphatic carbocycles. The van der Waals surface area contributed by atoms with Crippen LogP contribution in [0.4, 0.5) is 0 Å². The monoisotopic (exact) mass is 174 g/mol. The van der Waals surface area contributed by atoms with Crippen LogP contribution in [0.2, 0.25) is 0 Å². The third-order valence-corrected chi connectivity index (χ3v) is 1.24. The van der Waals surface area contributed by atoms with Gasteiger partial charge in [0.2, 0.25) is 0 Å². The molecule has 0 aromatic heterocycles. The van der Waals surface area contributed by atoms with Crippen LogP contribution in [0.3, 0.4) is 0 Å². The minimum atomic E-state index is 0.553. The van der Waals surface area contributed by atoms with Crippen LogP contribution in [0.5, 0.6) is 0 Å². The van der Waals surface area contributed by atoms with Gasteiger partial charge < -0.3 is 9.47 Å². The summed E-state index contributed by atoms with van der Waals surface area (Å²) in [5, 5.41) is 0. The fraction of sp³-hybridized carbons (Fsp3) is 0.889. The first-order valence-corrected chi connectivity index (χ1v) is 4.52. The maximum absolute atomic E-state index is 5.26. The third kappa shape index (κ3) is 7.98. The molecule has 0 atom stereocenters. The second-order valence-corrected chi connectivity index (χ2v) is 2.75. The quantitative estimate of drug-likeness (QED) is 0.414. The molecule has 0 rings (SSSR count). The summed E-state index contributed by atoms with van der Waals surface area (Å²) in [5.41, 5.74) is 0. The second kappa shape index (κ2) is 8.97. The van der Waals surface area contributed by atoms with Gasteiger partial charge in [-0.3, -0.25) is 4.90 Å². The van der Waals surface area contributed by atoms with Crippen molar-refractivity contribution in [1.29, 1.82) is 0 Å². The number of ether oxygens (including phenoxy) is 2. The van der Waals surface area contributed by atoms with Crippen LogP contribution in [-0.2, 0) is 9.47 Å². The lowest BCUT2D eigenvalue weighted by atomic mass is 10.5. The number of rotatable bonds is 8. The molecule has 0 aliphatic heterocycles. The molecule has 0 spiro atoms. The summed E-state index contributed by atoms with van der Waals surface area (Å²) in [5.74, 6) is 0. The van der Waals surface area contributed by atoms with Gasteiger partial charge in [0.25, 0.3) is 0 Å². The van der Waals surface area contributed by atoms with Crippen molar-refractivity contribution >= 4 is 0 Å². The van der Waals surface area contributed by atoms with Crippen molar-refractivity contribution in [2.75, 3.05) is 26.7 Å². The van der Waals surface area contributed by atoms with Crippen LogP contribution in [0.25, 0.3) is 0 Å². The summed E-state index contributed by atoms with van der Waals surface area (Å²) in [6.45, 7) is 6.86. The predicted molar refractivity (Wildman–Crippen MR) is 49.4 cm³/mol. The van der Waals surface area contributed by atoms with Crippen molar-refractivity contribution < 1.29 is 9.47 Å². The zero-order chi connectivity index (χ0) is 9.23. The molecule has 0 fully saturated rings. The topological polar surface area (TPSA) is 21.7 Å². The SMILES string of the molecule is [CH2]N(COCCC)COCCC. The van der Waals surface area contributed by atoms with Gasteiger partial charge in [-0.2, -0.15) is 0 Å². The summed E-state index contributed by atoms with van der Waals surface area (Å²) in [4.78, 5) is 1.77. The minimum Gasteiger partial charge on any atom is -0.366 e. The van der Waals surface area contributed by atoms with Crippen LogP contribution in [0, 0.1) is 7.05 Å². The normalized spacial score (nSPS) is 11.0. The molecular formula is C9H20NO2. The first-order valence-electron chi connectivity index (χ1n) is 4.52. The van der Waals surface area contributed by atoms with Gasteiger partial charge >= 0.3 is 0 Å². The molecule has 73 valence electrons. The van der Waals surface area contributed by atoms with Crippen LogP contribution < -0.4 is 0 Å². The molecule has 0 saturated carbocycles. The molecule has 0 heterocycles. The molecule has 0 saturated heterocycles. The lowest BCUT2D eigenvalue weighted by Gasteiger charge is -2.15. The highest BCUT2D eigenvalue weighted by Crippen LogP contribution is 1.89. The second-order valence-electron chi connectivity index (χ2n) is 2.75. The van der Waals surface area contributed by atoms with Crippen LogP contribution in [0.1, 0.15) is 26.7 Å². The van der Waals surface area contributed by atoms with E-state index in [1.165, 1.54) is 0 Å². The van der Waals surface area contributed by atoms with Gasteiger partial charge in [-0.15, -0.1) is 0 Å². The Balaban J connectivity index is 3.04. The van der Waals surface area contributed by atoms with Crippen molar-refractivity contribution in [3.05, 3.63) is 7.05 Å². The average Bonchev–Trinajstić information content (AvgIpc) is 2.06. The molecule has 0 bridgehead atoms. The zero-order valence-corrected chi connectivity index (χ0v) is 8.21. The molecule has 0 unspecified atom stereocenters. The van der Waals surface area contributed by atoms with Crippen LogP contribution >= 0.6 is 0 Å². The number of hydrogen-bond acceptors (Lipinski definition) is 3. The summed E-state index contributed by atoms with van der Waals surface area (Å²) in [7, 11) is 3.76. The Kier molecular flexibility index (Phi) is 8.88. The summed E-state index contributed by atoms with van der Waals surface area (Å²) in [6.07, 6.45) is 2.09. The molecule has 3 nitrogen and oxygen atoms in total. The van der Waals surface area contributed by atoms with E-state index < -0.39 is 0 Å². The summed E-state index contributed by atoms with van der Waals surface area (Å²) >= 11 is 0.